The van der Waals surface area contributed by atoms with E-state index in [9.17, 15) is 10.1 Å². The van der Waals surface area contributed by atoms with Gasteiger partial charge in [0.15, 0.2) is 5.13 Å². The minimum atomic E-state index is -0.426. The number of nitrogens with one attached hydrogen (secondary N) is 2. The van der Waals surface area contributed by atoms with Crippen molar-refractivity contribution in [2.45, 2.75) is 13.5 Å². The van der Waals surface area contributed by atoms with Gasteiger partial charge in [0.2, 0.25) is 5.82 Å². The zero-order chi connectivity index (χ0) is 14.0. The molecule has 0 aliphatic rings. The molecule has 0 aliphatic carbocycles. The standard InChI is InChI=1S/C10H14N6O2S/c1-6-8(16(17)18)9(15(3)14-6)12-4-7-5-19-10(11-2)13-7/h5,12H,4H2,1-3H3,(H,11,13). The van der Waals surface area contributed by atoms with Crippen LogP contribution in [-0.2, 0) is 13.6 Å². The zero-order valence-corrected chi connectivity index (χ0v) is 11.6. The number of hydrogen-bond donors (Lipinski definition) is 2. The Balaban J connectivity index is 2.17. The third-order valence-electron chi connectivity index (χ3n) is 2.58. The lowest BCUT2D eigenvalue weighted by atomic mass is 10.3. The summed E-state index contributed by atoms with van der Waals surface area (Å²) in [5, 5.41) is 23.7. The van der Waals surface area contributed by atoms with E-state index in [1.54, 1.807) is 21.0 Å². The quantitative estimate of drug-likeness (QED) is 0.640. The van der Waals surface area contributed by atoms with Crippen LogP contribution in [0.4, 0.5) is 16.6 Å². The lowest BCUT2D eigenvalue weighted by Crippen LogP contribution is -2.06. The Labute approximate surface area is 113 Å². The average molecular weight is 282 g/mol. The Bertz CT molecular complexity index is 605. The van der Waals surface area contributed by atoms with Gasteiger partial charge in [0.05, 0.1) is 17.2 Å². The Morgan fingerprint density at radius 2 is 2.32 bits per heavy atom. The summed E-state index contributed by atoms with van der Waals surface area (Å²) in [4.78, 5) is 14.9. The summed E-state index contributed by atoms with van der Waals surface area (Å²) in [7, 11) is 3.47. The van der Waals surface area contributed by atoms with Crippen LogP contribution in [0.15, 0.2) is 5.38 Å². The fourth-order valence-corrected chi connectivity index (χ4v) is 2.41. The van der Waals surface area contributed by atoms with Gasteiger partial charge in [0, 0.05) is 19.5 Å². The SMILES string of the molecule is CNc1nc(CNc2c([N+](=O)[O-])c(C)nn2C)cs1. The lowest BCUT2D eigenvalue weighted by Gasteiger charge is -2.03. The molecule has 2 aromatic heterocycles. The molecule has 0 saturated heterocycles. The summed E-state index contributed by atoms with van der Waals surface area (Å²) in [6.45, 7) is 2.03. The van der Waals surface area contributed by atoms with Crippen molar-refractivity contribution in [2.75, 3.05) is 17.7 Å². The molecule has 8 nitrogen and oxygen atoms in total. The topological polar surface area (TPSA) is 97.9 Å². The number of anilines is 2. The van der Waals surface area contributed by atoms with Gasteiger partial charge < -0.3 is 10.6 Å². The predicted octanol–water partition coefficient (Wildman–Crippen LogP) is 1.75. The molecule has 0 amide bonds. The van der Waals surface area contributed by atoms with Gasteiger partial charge in [0.25, 0.3) is 0 Å². The van der Waals surface area contributed by atoms with Crippen LogP contribution in [0.3, 0.4) is 0 Å². The summed E-state index contributed by atoms with van der Waals surface area (Å²) in [5.41, 5.74) is 1.22. The van der Waals surface area contributed by atoms with E-state index in [4.69, 9.17) is 0 Å². The van der Waals surface area contributed by atoms with Crippen molar-refractivity contribution in [1.82, 2.24) is 14.8 Å². The highest BCUT2D eigenvalue weighted by molar-refractivity contribution is 7.13. The summed E-state index contributed by atoms with van der Waals surface area (Å²) in [5.74, 6) is 0.390. The molecule has 0 saturated carbocycles. The smallest absolute Gasteiger partial charge is 0.333 e. The zero-order valence-electron chi connectivity index (χ0n) is 10.8. The maximum atomic E-state index is 11.0. The molecule has 2 N–H and O–H groups in total. The van der Waals surface area contributed by atoms with Gasteiger partial charge in [-0.25, -0.2) is 9.67 Å². The molecule has 19 heavy (non-hydrogen) atoms. The molecule has 0 aliphatic heterocycles. The minimum absolute atomic E-state index is 0.00608. The van der Waals surface area contributed by atoms with Gasteiger partial charge in [-0.05, 0) is 6.92 Å². The highest BCUT2D eigenvalue weighted by Gasteiger charge is 2.23. The van der Waals surface area contributed by atoms with Crippen LogP contribution >= 0.6 is 11.3 Å². The van der Waals surface area contributed by atoms with Crippen molar-refractivity contribution >= 4 is 28.0 Å². The van der Waals surface area contributed by atoms with E-state index >= 15 is 0 Å². The van der Waals surface area contributed by atoms with Crippen LogP contribution in [-0.4, -0.2) is 26.7 Å². The van der Waals surface area contributed by atoms with Crippen LogP contribution in [0.2, 0.25) is 0 Å². The van der Waals surface area contributed by atoms with E-state index in [1.807, 2.05) is 5.38 Å². The molecule has 2 aromatic rings. The van der Waals surface area contributed by atoms with E-state index in [0.717, 1.165) is 10.8 Å². The number of rotatable bonds is 5. The number of thiazole rings is 1. The lowest BCUT2D eigenvalue weighted by molar-refractivity contribution is -0.384. The van der Waals surface area contributed by atoms with Gasteiger partial charge in [-0.3, -0.25) is 10.1 Å². The molecule has 0 spiro atoms. The Kier molecular flexibility index (Phi) is 3.65. The second-order valence-electron chi connectivity index (χ2n) is 3.91. The molecule has 2 rings (SSSR count). The fraction of sp³-hybridized carbons (Fsp3) is 0.400. The summed E-state index contributed by atoms with van der Waals surface area (Å²) < 4.78 is 1.47. The Hall–Kier alpha value is -2.16. The maximum Gasteiger partial charge on any atom is 0.333 e. The second-order valence-corrected chi connectivity index (χ2v) is 4.77. The van der Waals surface area contributed by atoms with Gasteiger partial charge >= 0.3 is 5.69 Å². The highest BCUT2D eigenvalue weighted by atomic mass is 32.1. The molecule has 0 unspecified atom stereocenters. The predicted molar refractivity (Wildman–Crippen MR) is 73.6 cm³/mol. The monoisotopic (exact) mass is 282 g/mol. The molecule has 9 heteroatoms. The first-order chi connectivity index (χ1) is 9.02. The fourth-order valence-electron chi connectivity index (χ4n) is 1.74. The van der Waals surface area contributed by atoms with Crippen LogP contribution in [0, 0.1) is 17.0 Å². The molecular weight excluding hydrogens is 268 g/mol. The van der Waals surface area contributed by atoms with Crippen molar-refractivity contribution in [1.29, 1.82) is 0 Å². The summed E-state index contributed by atoms with van der Waals surface area (Å²) in [6, 6.07) is 0. The van der Waals surface area contributed by atoms with Crippen molar-refractivity contribution in [2.24, 2.45) is 7.05 Å². The van der Waals surface area contributed by atoms with E-state index in [2.05, 4.69) is 20.7 Å². The molecule has 0 aromatic carbocycles. The molecule has 0 radical (unpaired) electrons. The summed E-state index contributed by atoms with van der Waals surface area (Å²) >= 11 is 1.49. The van der Waals surface area contributed by atoms with E-state index in [-0.39, 0.29) is 5.69 Å². The number of nitrogens with zero attached hydrogens (tertiary/aromatic N) is 4. The van der Waals surface area contributed by atoms with Gasteiger partial charge in [0.1, 0.15) is 5.69 Å². The first-order valence-corrected chi connectivity index (χ1v) is 6.45. The minimum Gasteiger partial charge on any atom is -0.365 e. The number of aromatic nitrogens is 3. The van der Waals surface area contributed by atoms with Crippen molar-refractivity contribution in [3.05, 3.63) is 26.9 Å². The molecule has 0 bridgehead atoms. The Morgan fingerprint density at radius 1 is 1.58 bits per heavy atom. The third-order valence-corrected chi connectivity index (χ3v) is 3.48. The van der Waals surface area contributed by atoms with Crippen LogP contribution < -0.4 is 10.6 Å². The number of aryl methyl sites for hydroxylation is 2. The van der Waals surface area contributed by atoms with Crippen LogP contribution in [0.1, 0.15) is 11.4 Å². The normalized spacial score (nSPS) is 10.5. The summed E-state index contributed by atoms with van der Waals surface area (Å²) in [6.07, 6.45) is 0. The third kappa shape index (κ3) is 2.65. The van der Waals surface area contributed by atoms with Crippen LogP contribution in [0.25, 0.3) is 0 Å². The molecule has 102 valence electrons. The van der Waals surface area contributed by atoms with Gasteiger partial charge in [-0.2, -0.15) is 5.10 Å². The largest absolute Gasteiger partial charge is 0.365 e. The van der Waals surface area contributed by atoms with Crippen molar-refractivity contribution in [3.63, 3.8) is 0 Å². The molecule has 0 atom stereocenters. The van der Waals surface area contributed by atoms with E-state index in [1.165, 1.54) is 16.0 Å². The maximum absolute atomic E-state index is 11.0. The molecule has 0 fully saturated rings. The van der Waals surface area contributed by atoms with Crippen LogP contribution in [0.5, 0.6) is 0 Å². The van der Waals surface area contributed by atoms with Gasteiger partial charge in [-0.15, -0.1) is 11.3 Å². The number of hydrogen-bond acceptors (Lipinski definition) is 7. The average Bonchev–Trinajstić information content (AvgIpc) is 2.90. The first kappa shape index (κ1) is 13.3. The number of nitro groups is 1. The molecule has 2 heterocycles. The van der Waals surface area contributed by atoms with E-state index in [0.29, 0.717) is 18.1 Å². The van der Waals surface area contributed by atoms with Gasteiger partial charge in [-0.1, -0.05) is 0 Å². The Morgan fingerprint density at radius 3 is 2.89 bits per heavy atom. The van der Waals surface area contributed by atoms with E-state index < -0.39 is 4.92 Å². The second kappa shape index (κ2) is 5.22. The highest BCUT2D eigenvalue weighted by Crippen LogP contribution is 2.27. The molecular formula is C10H14N6O2S. The van der Waals surface area contributed by atoms with Crippen molar-refractivity contribution < 1.29 is 4.92 Å². The first-order valence-electron chi connectivity index (χ1n) is 5.57. The van der Waals surface area contributed by atoms with Crippen molar-refractivity contribution in [3.8, 4) is 0 Å².